The number of carbonyl (C=O) groups excluding carboxylic acids is 1. The van der Waals surface area contributed by atoms with E-state index in [9.17, 15) is 4.79 Å². The third-order valence-corrected chi connectivity index (χ3v) is 3.44. The molecular weight excluding hydrogens is 238 g/mol. The highest BCUT2D eigenvalue weighted by Gasteiger charge is 2.19. The Morgan fingerprint density at radius 2 is 2.29 bits per heavy atom. The van der Waals surface area contributed by atoms with Crippen LogP contribution in [0.15, 0.2) is 22.1 Å². The van der Waals surface area contributed by atoms with E-state index in [1.54, 1.807) is 19.9 Å². The van der Waals surface area contributed by atoms with Gasteiger partial charge in [0.25, 0.3) is 0 Å². The molecule has 0 aliphatic heterocycles. The highest BCUT2D eigenvalue weighted by molar-refractivity contribution is 7.09. The Labute approximate surface area is 103 Å². The van der Waals surface area contributed by atoms with Gasteiger partial charge in [-0.2, -0.15) is 0 Å². The number of hydrogen-bond donors (Lipinski definition) is 0. The fourth-order valence-corrected chi connectivity index (χ4v) is 2.19. The Hall–Kier alpha value is -1.62. The summed E-state index contributed by atoms with van der Waals surface area (Å²) in [6.07, 6.45) is 1.12. The van der Waals surface area contributed by atoms with Crippen LogP contribution in [-0.4, -0.2) is 11.0 Å². The van der Waals surface area contributed by atoms with Crippen LogP contribution in [0.1, 0.15) is 39.8 Å². The quantitative estimate of drug-likeness (QED) is 0.785. The Bertz CT molecular complexity index is 529. The lowest BCUT2D eigenvalue weighted by molar-refractivity contribution is 0.0299. The van der Waals surface area contributed by atoms with Crippen molar-refractivity contribution in [2.24, 2.45) is 0 Å². The van der Waals surface area contributed by atoms with Crippen molar-refractivity contribution in [1.29, 1.82) is 0 Å². The Morgan fingerprint density at radius 3 is 2.82 bits per heavy atom. The maximum Gasteiger partial charge on any atom is 0.375 e. The highest BCUT2D eigenvalue weighted by Crippen LogP contribution is 2.23. The third-order valence-electron chi connectivity index (χ3n) is 2.32. The number of thiazole rings is 1. The normalized spacial score (nSPS) is 12.4. The molecule has 5 heteroatoms. The van der Waals surface area contributed by atoms with Gasteiger partial charge in [0.05, 0.1) is 6.26 Å². The van der Waals surface area contributed by atoms with E-state index in [0.29, 0.717) is 0 Å². The number of carbonyl (C=O) groups is 1. The van der Waals surface area contributed by atoms with E-state index in [2.05, 4.69) is 4.98 Å². The molecule has 0 unspecified atom stereocenters. The van der Waals surface area contributed by atoms with Gasteiger partial charge in [0.2, 0.25) is 5.76 Å². The van der Waals surface area contributed by atoms with Gasteiger partial charge in [0.1, 0.15) is 5.01 Å². The lowest BCUT2D eigenvalue weighted by Crippen LogP contribution is -2.09. The van der Waals surface area contributed by atoms with Gasteiger partial charge in [-0.1, -0.05) is 0 Å². The lowest BCUT2D eigenvalue weighted by Gasteiger charge is -2.09. The summed E-state index contributed by atoms with van der Waals surface area (Å²) < 4.78 is 10.4. The van der Waals surface area contributed by atoms with Crippen molar-refractivity contribution < 1.29 is 13.9 Å². The molecule has 0 saturated heterocycles. The Balaban J connectivity index is 2.07. The molecular formula is C12H13NO3S. The van der Waals surface area contributed by atoms with Crippen molar-refractivity contribution in [1.82, 2.24) is 4.98 Å². The van der Waals surface area contributed by atoms with Crippen LogP contribution in [0.5, 0.6) is 0 Å². The van der Waals surface area contributed by atoms with Crippen molar-refractivity contribution in [2.45, 2.75) is 26.9 Å². The van der Waals surface area contributed by atoms with Gasteiger partial charge in [0, 0.05) is 16.6 Å². The maximum atomic E-state index is 11.8. The summed E-state index contributed by atoms with van der Waals surface area (Å²) in [7, 11) is 0. The number of aromatic nitrogens is 1. The summed E-state index contributed by atoms with van der Waals surface area (Å²) in [5, 5.41) is 2.72. The molecule has 0 N–H and O–H groups in total. The first-order chi connectivity index (χ1) is 8.08. The predicted octanol–water partition coefficient (Wildman–Crippen LogP) is 3.27. The summed E-state index contributed by atoms with van der Waals surface area (Å²) in [5.74, 6) is -0.196. The molecule has 2 aromatic rings. The molecule has 1 atom stereocenters. The average Bonchev–Trinajstić information content (AvgIpc) is 2.86. The highest BCUT2D eigenvalue weighted by atomic mass is 32.1. The number of esters is 1. The number of rotatable bonds is 3. The SMILES string of the molecule is Cc1csc([C@@H](C)OC(=O)c2occc2C)n1. The number of ether oxygens (including phenoxy) is 1. The molecule has 0 aromatic carbocycles. The van der Waals surface area contributed by atoms with E-state index < -0.39 is 5.97 Å². The van der Waals surface area contributed by atoms with Crippen molar-refractivity contribution in [2.75, 3.05) is 0 Å². The molecule has 0 radical (unpaired) electrons. The molecule has 0 spiro atoms. The lowest BCUT2D eigenvalue weighted by atomic mass is 10.3. The van der Waals surface area contributed by atoms with Gasteiger partial charge in [-0.3, -0.25) is 0 Å². The van der Waals surface area contributed by atoms with E-state index in [0.717, 1.165) is 16.3 Å². The van der Waals surface area contributed by atoms with Crippen molar-refractivity contribution in [3.05, 3.63) is 39.7 Å². The van der Waals surface area contributed by atoms with Crippen LogP contribution >= 0.6 is 11.3 Å². The van der Waals surface area contributed by atoms with Crippen LogP contribution in [0.3, 0.4) is 0 Å². The number of aryl methyl sites for hydroxylation is 2. The van der Waals surface area contributed by atoms with Crippen LogP contribution in [0.4, 0.5) is 0 Å². The standard InChI is InChI=1S/C12H13NO3S/c1-7-4-5-15-10(7)12(14)16-9(3)11-13-8(2)6-17-11/h4-6,9H,1-3H3/t9-/m1/s1. The first-order valence-electron chi connectivity index (χ1n) is 5.25. The van der Waals surface area contributed by atoms with E-state index in [1.165, 1.54) is 17.6 Å². The van der Waals surface area contributed by atoms with Gasteiger partial charge in [0.15, 0.2) is 6.10 Å². The molecule has 0 aliphatic carbocycles. The van der Waals surface area contributed by atoms with Gasteiger partial charge in [-0.25, -0.2) is 9.78 Å². The summed E-state index contributed by atoms with van der Waals surface area (Å²) in [5.41, 5.74) is 1.71. The molecule has 0 aliphatic rings. The average molecular weight is 251 g/mol. The van der Waals surface area contributed by atoms with Gasteiger partial charge in [-0.15, -0.1) is 11.3 Å². The van der Waals surface area contributed by atoms with Gasteiger partial charge in [-0.05, 0) is 26.8 Å². The summed E-state index contributed by atoms with van der Waals surface area (Å²) >= 11 is 1.48. The van der Waals surface area contributed by atoms with Crippen LogP contribution in [0, 0.1) is 13.8 Å². The van der Waals surface area contributed by atoms with E-state index in [4.69, 9.17) is 9.15 Å². The second-order valence-corrected chi connectivity index (χ2v) is 4.70. The first-order valence-corrected chi connectivity index (χ1v) is 6.13. The molecule has 2 rings (SSSR count). The van der Waals surface area contributed by atoms with Crippen molar-refractivity contribution in [3.8, 4) is 0 Å². The fourth-order valence-electron chi connectivity index (χ4n) is 1.41. The fraction of sp³-hybridized carbons (Fsp3) is 0.333. The smallest absolute Gasteiger partial charge is 0.375 e. The van der Waals surface area contributed by atoms with Gasteiger partial charge >= 0.3 is 5.97 Å². The van der Waals surface area contributed by atoms with Crippen LogP contribution < -0.4 is 0 Å². The number of nitrogens with zero attached hydrogens (tertiary/aromatic N) is 1. The molecule has 2 aromatic heterocycles. The van der Waals surface area contributed by atoms with Crippen LogP contribution in [0.25, 0.3) is 0 Å². The molecule has 0 bridgehead atoms. The minimum absolute atomic E-state index is 0.255. The van der Waals surface area contributed by atoms with E-state index in [-0.39, 0.29) is 11.9 Å². The maximum absolute atomic E-state index is 11.8. The van der Waals surface area contributed by atoms with E-state index >= 15 is 0 Å². The third kappa shape index (κ3) is 2.55. The molecule has 0 saturated carbocycles. The molecule has 0 fully saturated rings. The summed E-state index contributed by atoms with van der Waals surface area (Å²) in [6, 6.07) is 1.73. The van der Waals surface area contributed by atoms with Crippen molar-refractivity contribution >= 4 is 17.3 Å². The molecule has 4 nitrogen and oxygen atoms in total. The first kappa shape index (κ1) is 11.9. The monoisotopic (exact) mass is 251 g/mol. The van der Waals surface area contributed by atoms with Gasteiger partial charge < -0.3 is 9.15 Å². The Morgan fingerprint density at radius 1 is 1.53 bits per heavy atom. The van der Waals surface area contributed by atoms with Crippen LogP contribution in [0.2, 0.25) is 0 Å². The zero-order valence-corrected chi connectivity index (χ0v) is 10.7. The Kier molecular flexibility index (Phi) is 3.28. The second-order valence-electron chi connectivity index (χ2n) is 3.81. The topological polar surface area (TPSA) is 52.3 Å². The zero-order valence-electron chi connectivity index (χ0n) is 9.89. The predicted molar refractivity (Wildman–Crippen MR) is 64.1 cm³/mol. The second kappa shape index (κ2) is 4.71. The largest absolute Gasteiger partial charge is 0.457 e. The summed E-state index contributed by atoms with van der Waals surface area (Å²) in [6.45, 7) is 5.51. The number of furan rings is 1. The molecule has 90 valence electrons. The minimum Gasteiger partial charge on any atom is -0.457 e. The molecule has 2 heterocycles. The number of hydrogen-bond acceptors (Lipinski definition) is 5. The molecule has 17 heavy (non-hydrogen) atoms. The van der Waals surface area contributed by atoms with E-state index in [1.807, 2.05) is 12.3 Å². The minimum atomic E-state index is -0.451. The zero-order chi connectivity index (χ0) is 12.4. The summed E-state index contributed by atoms with van der Waals surface area (Å²) in [4.78, 5) is 16.1. The molecule has 0 amide bonds. The van der Waals surface area contributed by atoms with Crippen LogP contribution in [-0.2, 0) is 4.74 Å². The van der Waals surface area contributed by atoms with Crippen molar-refractivity contribution in [3.63, 3.8) is 0 Å².